The van der Waals surface area contributed by atoms with Crippen molar-refractivity contribution in [2.24, 2.45) is 0 Å². The lowest BCUT2D eigenvalue weighted by molar-refractivity contribution is 0.468. The molecule has 0 atom stereocenters. The Hall–Kier alpha value is -2.74. The molecule has 0 aliphatic rings. The Bertz CT molecular complexity index is 875. The number of aromatic hydroxyl groups is 2. The molecule has 0 aliphatic carbocycles. The summed E-state index contributed by atoms with van der Waals surface area (Å²) in [5.41, 5.74) is 8.87. The molecule has 0 bridgehead atoms. The van der Waals surface area contributed by atoms with Crippen LogP contribution in [0, 0.1) is 27.7 Å². The van der Waals surface area contributed by atoms with Gasteiger partial charge >= 0.3 is 0 Å². The molecule has 0 saturated carbocycles. The predicted octanol–water partition coefficient (Wildman–Crippen LogP) is 5.51. The van der Waals surface area contributed by atoms with Crippen LogP contribution in [0.15, 0.2) is 48.5 Å². The maximum atomic E-state index is 10.2. The summed E-state index contributed by atoms with van der Waals surface area (Å²) in [5, 5.41) is 20.4. The minimum Gasteiger partial charge on any atom is -0.508 e. The Balaban J connectivity index is 1.88. The first-order valence-electron chi connectivity index (χ1n) is 8.99. The molecule has 0 spiro atoms. The van der Waals surface area contributed by atoms with E-state index in [1.54, 1.807) is 0 Å². The van der Waals surface area contributed by atoms with Crippen LogP contribution in [0.3, 0.4) is 0 Å². The lowest BCUT2D eigenvalue weighted by Gasteiger charge is -2.14. The van der Waals surface area contributed by atoms with Crippen LogP contribution >= 0.6 is 0 Å². The standard InChI is InChI=1S/C24H26O2/c1-15-5-7-19(23(25)9-15)13-21-11-18(4)22(12-17(21)3)14-20-8-6-16(2)10-24(20)26/h5-12,25-26H,13-14H2,1-4H3. The van der Waals surface area contributed by atoms with Crippen LogP contribution in [0.4, 0.5) is 0 Å². The van der Waals surface area contributed by atoms with Gasteiger partial charge in [0.1, 0.15) is 11.5 Å². The van der Waals surface area contributed by atoms with Gasteiger partial charge in [-0.2, -0.15) is 0 Å². The second-order valence-electron chi connectivity index (χ2n) is 7.32. The van der Waals surface area contributed by atoms with Gasteiger partial charge < -0.3 is 10.2 Å². The van der Waals surface area contributed by atoms with Crippen molar-refractivity contribution in [2.75, 3.05) is 0 Å². The van der Waals surface area contributed by atoms with Gasteiger partial charge in [-0.05, 0) is 84.3 Å². The van der Waals surface area contributed by atoms with E-state index in [1.807, 2.05) is 50.2 Å². The van der Waals surface area contributed by atoms with Gasteiger partial charge in [-0.15, -0.1) is 0 Å². The van der Waals surface area contributed by atoms with Crippen LogP contribution in [0.1, 0.15) is 44.5 Å². The first-order valence-corrected chi connectivity index (χ1v) is 8.99. The molecule has 3 rings (SSSR count). The zero-order valence-corrected chi connectivity index (χ0v) is 15.9. The zero-order valence-electron chi connectivity index (χ0n) is 15.9. The molecule has 3 aromatic carbocycles. The smallest absolute Gasteiger partial charge is 0.119 e. The van der Waals surface area contributed by atoms with E-state index in [2.05, 4.69) is 26.0 Å². The molecule has 0 heterocycles. The van der Waals surface area contributed by atoms with Crippen LogP contribution in [0.25, 0.3) is 0 Å². The van der Waals surface area contributed by atoms with Gasteiger partial charge in [-0.1, -0.05) is 36.4 Å². The molecule has 134 valence electrons. The van der Waals surface area contributed by atoms with Gasteiger partial charge in [0.15, 0.2) is 0 Å². The molecule has 0 saturated heterocycles. The second kappa shape index (κ2) is 7.25. The molecule has 2 N–H and O–H groups in total. The Morgan fingerprint density at radius 2 is 0.923 bits per heavy atom. The first kappa shape index (κ1) is 18.1. The van der Waals surface area contributed by atoms with E-state index in [0.717, 1.165) is 35.1 Å². The van der Waals surface area contributed by atoms with Crippen LogP contribution in [0.5, 0.6) is 11.5 Å². The fourth-order valence-corrected chi connectivity index (χ4v) is 3.37. The van der Waals surface area contributed by atoms with Crippen molar-refractivity contribution in [3.05, 3.63) is 93.0 Å². The molecule has 0 unspecified atom stereocenters. The number of hydrogen-bond acceptors (Lipinski definition) is 2. The summed E-state index contributed by atoms with van der Waals surface area (Å²) >= 11 is 0. The number of rotatable bonds is 4. The van der Waals surface area contributed by atoms with Crippen molar-refractivity contribution in [1.29, 1.82) is 0 Å². The highest BCUT2D eigenvalue weighted by Gasteiger charge is 2.10. The Kier molecular flexibility index (Phi) is 5.03. The van der Waals surface area contributed by atoms with E-state index in [1.165, 1.54) is 22.3 Å². The van der Waals surface area contributed by atoms with Gasteiger partial charge in [0.05, 0.1) is 0 Å². The summed E-state index contributed by atoms with van der Waals surface area (Å²) in [5.74, 6) is 0.714. The SMILES string of the molecule is Cc1ccc(Cc2cc(C)c(Cc3ccc(C)cc3O)cc2C)c(O)c1. The number of phenolic OH excluding ortho intramolecular Hbond substituents is 2. The van der Waals surface area contributed by atoms with Gasteiger partial charge in [0, 0.05) is 12.8 Å². The molecule has 2 heteroatoms. The molecule has 0 aromatic heterocycles. The molecule has 0 aliphatic heterocycles. The van der Waals surface area contributed by atoms with Gasteiger partial charge in [0.2, 0.25) is 0 Å². The summed E-state index contributed by atoms with van der Waals surface area (Å²) in [6, 6.07) is 16.1. The fourth-order valence-electron chi connectivity index (χ4n) is 3.37. The highest BCUT2D eigenvalue weighted by molar-refractivity contribution is 5.46. The van der Waals surface area contributed by atoms with Crippen LogP contribution < -0.4 is 0 Å². The molecule has 0 radical (unpaired) electrons. The van der Waals surface area contributed by atoms with E-state index in [0.29, 0.717) is 11.5 Å². The van der Waals surface area contributed by atoms with Gasteiger partial charge in [-0.25, -0.2) is 0 Å². The maximum absolute atomic E-state index is 10.2. The second-order valence-corrected chi connectivity index (χ2v) is 7.32. The van der Waals surface area contributed by atoms with Gasteiger partial charge in [0.25, 0.3) is 0 Å². The molecule has 2 nitrogen and oxygen atoms in total. The third-order valence-corrected chi connectivity index (χ3v) is 5.04. The summed E-state index contributed by atoms with van der Waals surface area (Å²) < 4.78 is 0. The predicted molar refractivity (Wildman–Crippen MR) is 107 cm³/mol. The lowest BCUT2D eigenvalue weighted by atomic mass is 9.92. The summed E-state index contributed by atoms with van der Waals surface area (Å²) in [7, 11) is 0. The fraction of sp³-hybridized carbons (Fsp3) is 0.250. The van der Waals surface area contributed by atoms with E-state index < -0.39 is 0 Å². The maximum Gasteiger partial charge on any atom is 0.119 e. The van der Waals surface area contributed by atoms with Crippen LogP contribution in [-0.2, 0) is 12.8 Å². The summed E-state index contributed by atoms with van der Waals surface area (Å²) in [6.45, 7) is 8.18. The zero-order chi connectivity index (χ0) is 18.8. The van der Waals surface area contributed by atoms with E-state index >= 15 is 0 Å². The van der Waals surface area contributed by atoms with E-state index in [-0.39, 0.29) is 0 Å². The molecular weight excluding hydrogens is 320 g/mol. The Labute approximate surface area is 155 Å². The number of phenols is 2. The first-order chi connectivity index (χ1) is 12.3. The largest absolute Gasteiger partial charge is 0.508 e. The molecule has 0 fully saturated rings. The lowest BCUT2D eigenvalue weighted by Crippen LogP contribution is -1.99. The number of aryl methyl sites for hydroxylation is 4. The molecule has 0 amide bonds. The minimum absolute atomic E-state index is 0.357. The normalized spacial score (nSPS) is 10.9. The quantitative estimate of drug-likeness (QED) is 0.653. The number of hydrogen-bond donors (Lipinski definition) is 2. The van der Waals surface area contributed by atoms with Gasteiger partial charge in [-0.3, -0.25) is 0 Å². The van der Waals surface area contributed by atoms with Crippen LogP contribution in [0.2, 0.25) is 0 Å². The van der Waals surface area contributed by atoms with Crippen molar-refractivity contribution in [3.8, 4) is 11.5 Å². The average Bonchev–Trinajstić information content (AvgIpc) is 2.57. The summed E-state index contributed by atoms with van der Waals surface area (Å²) in [4.78, 5) is 0. The molecule has 3 aromatic rings. The highest BCUT2D eigenvalue weighted by atomic mass is 16.3. The summed E-state index contributed by atoms with van der Waals surface area (Å²) in [6.07, 6.45) is 1.43. The average molecular weight is 346 g/mol. The van der Waals surface area contributed by atoms with E-state index in [4.69, 9.17) is 0 Å². The molecular formula is C24H26O2. The Morgan fingerprint density at radius 3 is 1.27 bits per heavy atom. The van der Waals surface area contributed by atoms with Crippen molar-refractivity contribution >= 4 is 0 Å². The Morgan fingerprint density at radius 1 is 0.538 bits per heavy atom. The molecule has 26 heavy (non-hydrogen) atoms. The third-order valence-electron chi connectivity index (χ3n) is 5.04. The van der Waals surface area contributed by atoms with Crippen LogP contribution in [-0.4, -0.2) is 10.2 Å². The van der Waals surface area contributed by atoms with Crippen molar-refractivity contribution in [2.45, 2.75) is 40.5 Å². The third kappa shape index (κ3) is 3.91. The minimum atomic E-state index is 0.357. The van der Waals surface area contributed by atoms with E-state index in [9.17, 15) is 10.2 Å². The van der Waals surface area contributed by atoms with Crippen molar-refractivity contribution in [1.82, 2.24) is 0 Å². The highest BCUT2D eigenvalue weighted by Crippen LogP contribution is 2.28. The van der Waals surface area contributed by atoms with Crippen molar-refractivity contribution in [3.63, 3.8) is 0 Å². The topological polar surface area (TPSA) is 40.5 Å². The number of benzene rings is 3. The monoisotopic (exact) mass is 346 g/mol. The van der Waals surface area contributed by atoms with Crippen molar-refractivity contribution < 1.29 is 10.2 Å².